The Morgan fingerprint density at radius 3 is 2.56 bits per heavy atom. The van der Waals surface area contributed by atoms with Gasteiger partial charge in [0.25, 0.3) is 12.2 Å². The highest BCUT2D eigenvalue weighted by Crippen LogP contribution is 2.31. The van der Waals surface area contributed by atoms with Crippen LogP contribution in [0.4, 0.5) is 14.6 Å². The van der Waals surface area contributed by atoms with Crippen LogP contribution in [-0.2, 0) is 9.59 Å². The smallest absolute Gasteiger partial charge is 0.280 e. The Morgan fingerprint density at radius 1 is 1.13 bits per heavy atom. The van der Waals surface area contributed by atoms with E-state index in [1.165, 1.54) is 19.1 Å². The second-order valence-electron chi connectivity index (χ2n) is 9.11. The molecule has 4 aromatic rings. The summed E-state index contributed by atoms with van der Waals surface area (Å²) >= 11 is 3.20. The standard InChI is InChI=1S/C26H22BrF2N7O3/c1-13(37)23-18-8-15(16-10-30-14(2)31-11-16)6-7-19(18)36(34-23)24(29)26(39)35-12-17(28)9-20(35)25(38)33-22-5-3-4-21(27)32-22/h3-8,10-11,17,20,24H,9,12H2,1-2H3,(H,32,33,38)/t17-,20+,24?/m1/s1. The maximum absolute atomic E-state index is 15.8. The van der Waals surface area contributed by atoms with Crippen molar-refractivity contribution in [2.75, 3.05) is 11.9 Å². The number of carbonyl (C=O) groups is 3. The van der Waals surface area contributed by atoms with Crippen molar-refractivity contribution >= 4 is 50.2 Å². The Morgan fingerprint density at radius 2 is 1.87 bits per heavy atom. The van der Waals surface area contributed by atoms with Crippen molar-refractivity contribution in [3.63, 3.8) is 0 Å². The molecule has 200 valence electrons. The molecule has 1 saturated heterocycles. The number of ketones is 1. The molecule has 3 aromatic heterocycles. The summed E-state index contributed by atoms with van der Waals surface area (Å²) in [5, 5.41) is 6.97. The molecule has 1 aromatic carbocycles. The topological polar surface area (TPSA) is 123 Å². The molecule has 1 aliphatic rings. The van der Waals surface area contributed by atoms with Gasteiger partial charge in [0.2, 0.25) is 5.91 Å². The molecule has 5 rings (SSSR count). The Kier molecular flexibility index (Phi) is 7.17. The number of anilines is 1. The average molecular weight is 598 g/mol. The summed E-state index contributed by atoms with van der Waals surface area (Å²) in [5.74, 6) is -1.48. The highest BCUT2D eigenvalue weighted by molar-refractivity contribution is 9.10. The Hall–Kier alpha value is -4.13. The van der Waals surface area contributed by atoms with E-state index in [2.05, 4.69) is 41.3 Å². The number of Topliss-reactive ketones (excluding diaryl/α,β-unsaturated/α-hetero) is 1. The lowest BCUT2D eigenvalue weighted by Gasteiger charge is -2.25. The summed E-state index contributed by atoms with van der Waals surface area (Å²) in [6, 6.07) is 8.44. The zero-order valence-electron chi connectivity index (χ0n) is 20.8. The number of fused-ring (bicyclic) bond motifs is 1. The SMILES string of the molecule is CC(=O)c1nn(C(F)C(=O)N2C[C@H](F)C[C@H]2C(=O)Nc2cccc(Br)n2)c2ccc(-c3cnc(C)nc3)cc12. The molecule has 0 aliphatic carbocycles. The van der Waals surface area contributed by atoms with Gasteiger partial charge < -0.3 is 10.2 Å². The zero-order valence-corrected chi connectivity index (χ0v) is 22.4. The van der Waals surface area contributed by atoms with Gasteiger partial charge in [0.05, 0.1) is 12.1 Å². The highest BCUT2D eigenvalue weighted by atomic mass is 79.9. The first-order valence-electron chi connectivity index (χ1n) is 12.0. The molecule has 10 nitrogen and oxygen atoms in total. The molecule has 0 spiro atoms. The van der Waals surface area contributed by atoms with Crippen LogP contribution in [0.3, 0.4) is 0 Å². The van der Waals surface area contributed by atoms with Crippen LogP contribution in [0.2, 0.25) is 0 Å². The van der Waals surface area contributed by atoms with E-state index in [4.69, 9.17) is 0 Å². The summed E-state index contributed by atoms with van der Waals surface area (Å²) in [6.45, 7) is 2.58. The number of hydrogen-bond acceptors (Lipinski definition) is 7. The van der Waals surface area contributed by atoms with Gasteiger partial charge in [0.15, 0.2) is 5.78 Å². The van der Waals surface area contributed by atoms with E-state index in [1.54, 1.807) is 43.6 Å². The van der Waals surface area contributed by atoms with Crippen LogP contribution in [0.5, 0.6) is 0 Å². The third-order valence-electron chi connectivity index (χ3n) is 6.37. The van der Waals surface area contributed by atoms with Gasteiger partial charge in [-0.1, -0.05) is 12.1 Å². The summed E-state index contributed by atoms with van der Waals surface area (Å²) < 4.78 is 31.5. The molecule has 1 fully saturated rings. The largest absolute Gasteiger partial charge is 0.323 e. The molecule has 1 unspecified atom stereocenters. The van der Waals surface area contributed by atoms with Gasteiger partial charge in [0, 0.05) is 36.7 Å². The first-order chi connectivity index (χ1) is 18.6. The molecule has 0 radical (unpaired) electrons. The number of carbonyl (C=O) groups excluding carboxylic acids is 3. The van der Waals surface area contributed by atoms with Gasteiger partial charge in [-0.2, -0.15) is 5.10 Å². The maximum Gasteiger partial charge on any atom is 0.280 e. The summed E-state index contributed by atoms with van der Waals surface area (Å²) in [4.78, 5) is 51.9. The van der Waals surface area contributed by atoms with Crippen molar-refractivity contribution in [1.82, 2.24) is 29.6 Å². The Labute approximate surface area is 229 Å². The molecule has 1 N–H and O–H groups in total. The fraction of sp³-hybridized carbons (Fsp3) is 0.269. The number of rotatable bonds is 6. The predicted octanol–water partition coefficient (Wildman–Crippen LogP) is 4.21. The van der Waals surface area contributed by atoms with E-state index in [0.717, 1.165) is 9.58 Å². The summed E-state index contributed by atoms with van der Waals surface area (Å²) in [6.07, 6.45) is -0.969. The van der Waals surface area contributed by atoms with Crippen LogP contribution < -0.4 is 5.32 Å². The molecule has 13 heteroatoms. The lowest BCUT2D eigenvalue weighted by atomic mass is 10.0. The molecule has 2 amide bonds. The number of aryl methyl sites for hydroxylation is 1. The van der Waals surface area contributed by atoms with Crippen molar-refractivity contribution in [3.8, 4) is 11.1 Å². The fourth-order valence-electron chi connectivity index (χ4n) is 4.50. The number of alkyl halides is 2. The third-order valence-corrected chi connectivity index (χ3v) is 6.82. The number of halogens is 3. The van der Waals surface area contributed by atoms with Crippen LogP contribution in [0.15, 0.2) is 53.4 Å². The maximum atomic E-state index is 15.8. The monoisotopic (exact) mass is 597 g/mol. The van der Waals surface area contributed by atoms with Gasteiger partial charge in [-0.05, 0) is 52.7 Å². The molecule has 0 saturated carbocycles. The Balaban J connectivity index is 1.45. The molecule has 0 bridgehead atoms. The van der Waals surface area contributed by atoms with Crippen molar-refractivity contribution < 1.29 is 23.2 Å². The highest BCUT2D eigenvalue weighted by Gasteiger charge is 2.43. The quantitative estimate of drug-likeness (QED) is 0.261. The molecule has 3 atom stereocenters. The fourth-order valence-corrected chi connectivity index (χ4v) is 4.84. The van der Waals surface area contributed by atoms with Gasteiger partial charge in [-0.25, -0.2) is 28.4 Å². The van der Waals surface area contributed by atoms with E-state index in [-0.39, 0.29) is 23.4 Å². The van der Waals surface area contributed by atoms with Crippen LogP contribution in [0, 0.1) is 6.92 Å². The van der Waals surface area contributed by atoms with E-state index < -0.39 is 42.7 Å². The number of likely N-dealkylation sites (tertiary alicyclic amines) is 1. The van der Waals surface area contributed by atoms with Crippen molar-refractivity contribution in [2.24, 2.45) is 0 Å². The minimum absolute atomic E-state index is 0.0323. The number of hydrogen-bond donors (Lipinski definition) is 1. The number of benzene rings is 1. The molecule has 4 heterocycles. The zero-order chi connectivity index (χ0) is 27.8. The molecular weight excluding hydrogens is 576 g/mol. The van der Waals surface area contributed by atoms with Gasteiger partial charge >= 0.3 is 0 Å². The van der Waals surface area contributed by atoms with E-state index in [1.807, 2.05) is 0 Å². The number of aromatic nitrogens is 5. The van der Waals surface area contributed by atoms with Crippen molar-refractivity contribution in [2.45, 2.75) is 38.8 Å². The molecule has 1 aliphatic heterocycles. The van der Waals surface area contributed by atoms with Crippen LogP contribution in [0.25, 0.3) is 22.0 Å². The first kappa shape index (κ1) is 26.5. The van der Waals surface area contributed by atoms with Crippen molar-refractivity contribution in [3.05, 3.63) is 64.9 Å². The lowest BCUT2D eigenvalue weighted by molar-refractivity contribution is -0.144. The second kappa shape index (κ2) is 10.6. The third kappa shape index (κ3) is 5.26. The van der Waals surface area contributed by atoms with Crippen LogP contribution >= 0.6 is 15.9 Å². The van der Waals surface area contributed by atoms with E-state index in [0.29, 0.717) is 26.9 Å². The van der Waals surface area contributed by atoms with Gasteiger partial charge in [0.1, 0.15) is 34.2 Å². The van der Waals surface area contributed by atoms with Gasteiger partial charge in [-0.15, -0.1) is 0 Å². The van der Waals surface area contributed by atoms with Gasteiger partial charge in [-0.3, -0.25) is 14.4 Å². The number of pyridine rings is 1. The summed E-state index contributed by atoms with van der Waals surface area (Å²) in [7, 11) is 0. The van der Waals surface area contributed by atoms with Crippen LogP contribution in [0.1, 0.15) is 36.0 Å². The number of nitrogens with zero attached hydrogens (tertiary/aromatic N) is 6. The minimum atomic E-state index is -2.40. The van der Waals surface area contributed by atoms with Crippen molar-refractivity contribution in [1.29, 1.82) is 0 Å². The first-order valence-corrected chi connectivity index (χ1v) is 12.8. The van der Waals surface area contributed by atoms with Crippen LogP contribution in [-0.4, -0.2) is 66.0 Å². The minimum Gasteiger partial charge on any atom is -0.323 e. The van der Waals surface area contributed by atoms with E-state index >= 15 is 4.39 Å². The number of nitrogens with one attached hydrogen (secondary N) is 1. The molecule has 39 heavy (non-hydrogen) atoms. The predicted molar refractivity (Wildman–Crippen MR) is 141 cm³/mol. The molecular formula is C26H22BrF2N7O3. The normalized spacial score (nSPS) is 17.8. The number of amides is 2. The second-order valence-corrected chi connectivity index (χ2v) is 9.92. The van der Waals surface area contributed by atoms with E-state index in [9.17, 15) is 18.8 Å². The average Bonchev–Trinajstić information content (AvgIpc) is 3.49. The lowest BCUT2D eigenvalue weighted by Crippen LogP contribution is -2.45. The summed E-state index contributed by atoms with van der Waals surface area (Å²) in [5.41, 5.74) is 1.50. The Bertz CT molecular complexity index is 1590.